The summed E-state index contributed by atoms with van der Waals surface area (Å²) in [5, 5.41) is 4.54. The zero-order valence-corrected chi connectivity index (χ0v) is 12.4. The fourth-order valence-electron chi connectivity index (χ4n) is 2.23. The Morgan fingerprint density at radius 2 is 2.15 bits per heavy atom. The third-order valence-corrected chi connectivity index (χ3v) is 3.28. The number of pyridine rings is 1. The van der Waals surface area contributed by atoms with Gasteiger partial charge in [-0.05, 0) is 44.4 Å². The normalized spacial score (nSPS) is 12.4. The first kappa shape index (κ1) is 14.6. The number of rotatable bonds is 6. The predicted octanol–water partition coefficient (Wildman–Crippen LogP) is 3.09. The molecule has 0 saturated carbocycles. The van der Waals surface area contributed by atoms with Crippen LogP contribution in [-0.2, 0) is 0 Å². The molecule has 0 amide bonds. The van der Waals surface area contributed by atoms with Crippen LogP contribution in [0, 0.1) is 6.92 Å². The van der Waals surface area contributed by atoms with E-state index in [9.17, 15) is 0 Å². The fraction of sp³-hybridized carbons (Fsp3) is 0.438. The number of benzene rings is 1. The molecule has 108 valence electrons. The van der Waals surface area contributed by atoms with Crippen molar-refractivity contribution < 1.29 is 4.74 Å². The maximum absolute atomic E-state index is 5.76. The lowest BCUT2D eigenvalue weighted by Gasteiger charge is -2.12. The molecule has 1 unspecified atom stereocenters. The second-order valence-electron chi connectivity index (χ2n) is 5.31. The van der Waals surface area contributed by atoms with Gasteiger partial charge in [0.2, 0.25) is 0 Å². The van der Waals surface area contributed by atoms with E-state index in [-0.39, 0.29) is 6.04 Å². The van der Waals surface area contributed by atoms with Gasteiger partial charge in [0.1, 0.15) is 5.75 Å². The van der Waals surface area contributed by atoms with E-state index in [1.54, 1.807) is 7.11 Å². The summed E-state index contributed by atoms with van der Waals surface area (Å²) in [6.07, 6.45) is 3.95. The molecule has 0 aliphatic heterocycles. The first-order valence-electron chi connectivity index (χ1n) is 7.04. The highest BCUT2D eigenvalue weighted by molar-refractivity contribution is 5.92. The predicted molar refractivity (Wildman–Crippen MR) is 84.4 cm³/mol. The molecule has 2 aromatic rings. The Hall–Kier alpha value is -1.81. The SMILES string of the molecule is COc1cc(NCCCC(C)N)c2ncc(C)cc2c1. The Labute approximate surface area is 120 Å². The summed E-state index contributed by atoms with van der Waals surface area (Å²) in [4.78, 5) is 4.53. The molecule has 1 aromatic carbocycles. The van der Waals surface area contributed by atoms with Crippen LogP contribution in [-0.4, -0.2) is 24.7 Å². The lowest BCUT2D eigenvalue weighted by Crippen LogP contribution is -2.16. The molecular formula is C16H23N3O. The molecule has 0 radical (unpaired) electrons. The fourth-order valence-corrected chi connectivity index (χ4v) is 2.23. The lowest BCUT2D eigenvalue weighted by atomic mass is 10.1. The average Bonchev–Trinajstić information content (AvgIpc) is 2.42. The van der Waals surface area contributed by atoms with Gasteiger partial charge >= 0.3 is 0 Å². The summed E-state index contributed by atoms with van der Waals surface area (Å²) in [5.41, 5.74) is 8.91. The molecule has 3 N–H and O–H groups in total. The highest BCUT2D eigenvalue weighted by Gasteiger charge is 2.06. The van der Waals surface area contributed by atoms with E-state index in [1.807, 2.05) is 32.2 Å². The van der Waals surface area contributed by atoms with Crippen molar-refractivity contribution in [3.63, 3.8) is 0 Å². The third-order valence-electron chi connectivity index (χ3n) is 3.28. The number of nitrogens with one attached hydrogen (secondary N) is 1. The topological polar surface area (TPSA) is 60.2 Å². The summed E-state index contributed by atoms with van der Waals surface area (Å²) >= 11 is 0. The Kier molecular flexibility index (Phi) is 4.79. The van der Waals surface area contributed by atoms with E-state index < -0.39 is 0 Å². The molecule has 0 spiro atoms. The van der Waals surface area contributed by atoms with E-state index >= 15 is 0 Å². The van der Waals surface area contributed by atoms with E-state index in [0.717, 1.165) is 47.3 Å². The number of aryl methyl sites for hydroxylation is 1. The van der Waals surface area contributed by atoms with Gasteiger partial charge < -0.3 is 15.8 Å². The van der Waals surface area contributed by atoms with Crippen molar-refractivity contribution in [1.29, 1.82) is 0 Å². The smallest absolute Gasteiger partial charge is 0.121 e. The number of nitrogens with two attached hydrogens (primary N) is 1. The van der Waals surface area contributed by atoms with Crippen molar-refractivity contribution in [2.75, 3.05) is 19.0 Å². The summed E-state index contributed by atoms with van der Waals surface area (Å²) in [5.74, 6) is 0.847. The van der Waals surface area contributed by atoms with Gasteiger partial charge in [-0.2, -0.15) is 0 Å². The number of hydrogen-bond acceptors (Lipinski definition) is 4. The molecule has 1 heterocycles. The summed E-state index contributed by atoms with van der Waals surface area (Å²) in [6.45, 7) is 4.96. The van der Waals surface area contributed by atoms with Crippen LogP contribution in [0.4, 0.5) is 5.69 Å². The van der Waals surface area contributed by atoms with Gasteiger partial charge in [0.05, 0.1) is 18.3 Å². The number of fused-ring (bicyclic) bond motifs is 1. The second-order valence-corrected chi connectivity index (χ2v) is 5.31. The standard InChI is InChI=1S/C16H23N3O/c1-11-7-13-8-14(20-3)9-15(16(13)19-10-11)18-6-4-5-12(2)17/h7-10,12,18H,4-6,17H2,1-3H3. The van der Waals surface area contributed by atoms with Gasteiger partial charge in [-0.3, -0.25) is 4.98 Å². The quantitative estimate of drug-likeness (QED) is 0.794. The zero-order valence-electron chi connectivity index (χ0n) is 12.4. The van der Waals surface area contributed by atoms with Crippen molar-refractivity contribution in [3.05, 3.63) is 30.0 Å². The molecule has 20 heavy (non-hydrogen) atoms. The molecule has 4 heteroatoms. The van der Waals surface area contributed by atoms with Gasteiger partial charge in [0.15, 0.2) is 0 Å². The lowest BCUT2D eigenvalue weighted by molar-refractivity contribution is 0.415. The molecule has 0 saturated heterocycles. The molecule has 4 nitrogen and oxygen atoms in total. The maximum Gasteiger partial charge on any atom is 0.121 e. The van der Waals surface area contributed by atoms with Gasteiger partial charge in [-0.25, -0.2) is 0 Å². The van der Waals surface area contributed by atoms with E-state index in [4.69, 9.17) is 10.5 Å². The van der Waals surface area contributed by atoms with Crippen LogP contribution in [0.5, 0.6) is 5.75 Å². The Bertz CT molecular complexity index is 581. The summed E-state index contributed by atoms with van der Waals surface area (Å²) in [7, 11) is 1.68. The number of methoxy groups -OCH3 is 1. The molecule has 1 aromatic heterocycles. The molecular weight excluding hydrogens is 250 g/mol. The minimum atomic E-state index is 0.250. The summed E-state index contributed by atoms with van der Waals surface area (Å²) < 4.78 is 5.36. The van der Waals surface area contributed by atoms with Gasteiger partial charge in [0, 0.05) is 30.2 Å². The van der Waals surface area contributed by atoms with Crippen LogP contribution < -0.4 is 15.8 Å². The van der Waals surface area contributed by atoms with Crippen molar-refractivity contribution in [2.45, 2.75) is 32.7 Å². The largest absolute Gasteiger partial charge is 0.497 e. The van der Waals surface area contributed by atoms with Crippen molar-refractivity contribution in [3.8, 4) is 5.75 Å². The molecule has 0 fully saturated rings. The first-order chi connectivity index (χ1) is 9.60. The molecule has 0 aliphatic carbocycles. The average molecular weight is 273 g/mol. The van der Waals surface area contributed by atoms with Crippen LogP contribution in [0.25, 0.3) is 10.9 Å². The number of hydrogen-bond donors (Lipinski definition) is 2. The van der Waals surface area contributed by atoms with E-state index in [0.29, 0.717) is 0 Å². The van der Waals surface area contributed by atoms with Crippen molar-refractivity contribution in [1.82, 2.24) is 4.98 Å². The number of anilines is 1. The van der Waals surface area contributed by atoms with Crippen molar-refractivity contribution >= 4 is 16.6 Å². The molecule has 0 bridgehead atoms. The van der Waals surface area contributed by atoms with Gasteiger partial charge in [-0.15, -0.1) is 0 Å². The first-order valence-corrected chi connectivity index (χ1v) is 7.04. The highest BCUT2D eigenvalue weighted by atomic mass is 16.5. The molecule has 2 rings (SSSR count). The monoisotopic (exact) mass is 273 g/mol. The van der Waals surface area contributed by atoms with Crippen LogP contribution in [0.1, 0.15) is 25.3 Å². The third kappa shape index (κ3) is 3.61. The van der Waals surface area contributed by atoms with Gasteiger partial charge in [-0.1, -0.05) is 0 Å². The van der Waals surface area contributed by atoms with Crippen LogP contribution >= 0.6 is 0 Å². The number of ether oxygens (including phenoxy) is 1. The highest BCUT2D eigenvalue weighted by Crippen LogP contribution is 2.28. The van der Waals surface area contributed by atoms with Crippen LogP contribution in [0.3, 0.4) is 0 Å². The Balaban J connectivity index is 2.22. The van der Waals surface area contributed by atoms with Crippen LogP contribution in [0.2, 0.25) is 0 Å². The van der Waals surface area contributed by atoms with E-state index in [2.05, 4.69) is 16.4 Å². The van der Waals surface area contributed by atoms with Crippen LogP contribution in [0.15, 0.2) is 24.4 Å². The number of aromatic nitrogens is 1. The molecule has 0 aliphatic rings. The molecule has 1 atom stereocenters. The van der Waals surface area contributed by atoms with Crippen molar-refractivity contribution in [2.24, 2.45) is 5.73 Å². The zero-order chi connectivity index (χ0) is 14.5. The maximum atomic E-state index is 5.76. The second kappa shape index (κ2) is 6.57. The Morgan fingerprint density at radius 3 is 2.85 bits per heavy atom. The Morgan fingerprint density at radius 1 is 1.35 bits per heavy atom. The number of nitrogens with zero attached hydrogens (tertiary/aromatic N) is 1. The minimum Gasteiger partial charge on any atom is -0.497 e. The van der Waals surface area contributed by atoms with E-state index in [1.165, 1.54) is 0 Å². The summed E-state index contributed by atoms with van der Waals surface area (Å²) in [6, 6.07) is 6.39. The van der Waals surface area contributed by atoms with Gasteiger partial charge in [0.25, 0.3) is 0 Å². The minimum absolute atomic E-state index is 0.250.